The van der Waals surface area contributed by atoms with Crippen LogP contribution in [0.2, 0.25) is 10.0 Å². The molecule has 2 amide bonds. The van der Waals surface area contributed by atoms with Crippen molar-refractivity contribution < 1.29 is 22.7 Å². The number of nitrogens with two attached hydrogens (primary N) is 1. The first-order valence-electron chi connectivity index (χ1n) is 10.0. The molecule has 0 bridgehead atoms. The maximum Gasteiger partial charge on any atom is 0.417 e. The summed E-state index contributed by atoms with van der Waals surface area (Å²) < 4.78 is 44.5. The minimum atomic E-state index is -4.54. The number of pyridine rings is 1. The van der Waals surface area contributed by atoms with Gasteiger partial charge in [-0.05, 0) is 42.0 Å². The van der Waals surface area contributed by atoms with Crippen LogP contribution < -0.4 is 21.1 Å². The molecule has 0 unspecified atom stereocenters. The van der Waals surface area contributed by atoms with Crippen LogP contribution in [0.5, 0.6) is 11.8 Å². The van der Waals surface area contributed by atoms with Crippen LogP contribution in [0, 0.1) is 0 Å². The molecule has 184 valence electrons. The molecule has 0 aliphatic carbocycles. The lowest BCUT2D eigenvalue weighted by molar-refractivity contribution is -0.137. The lowest BCUT2D eigenvalue weighted by Gasteiger charge is -2.11. The maximum absolute atomic E-state index is 13.0. The molecule has 8 nitrogen and oxygen atoms in total. The Hall–Kier alpha value is -4.09. The number of carbonyl (C=O) groups is 1. The molecule has 0 atom stereocenters. The number of amides is 2. The Morgan fingerprint density at radius 1 is 0.917 bits per heavy atom. The predicted molar refractivity (Wildman–Crippen MR) is 130 cm³/mol. The topological polar surface area (TPSA) is 115 Å². The van der Waals surface area contributed by atoms with E-state index in [0.717, 1.165) is 6.07 Å². The van der Waals surface area contributed by atoms with E-state index in [9.17, 15) is 18.0 Å². The van der Waals surface area contributed by atoms with Crippen molar-refractivity contribution in [3.8, 4) is 22.9 Å². The van der Waals surface area contributed by atoms with E-state index < -0.39 is 17.8 Å². The number of nitrogens with zero attached hydrogens (tertiary/aromatic N) is 3. The smallest absolute Gasteiger partial charge is 0.417 e. The molecule has 2 heterocycles. The van der Waals surface area contributed by atoms with Gasteiger partial charge in [0.25, 0.3) is 0 Å². The molecule has 0 saturated carbocycles. The van der Waals surface area contributed by atoms with Crippen LogP contribution in [-0.2, 0) is 6.18 Å². The molecule has 13 heteroatoms. The van der Waals surface area contributed by atoms with Crippen molar-refractivity contribution in [2.45, 2.75) is 6.18 Å². The number of carbonyl (C=O) groups excluding carboxylic acids is 1. The van der Waals surface area contributed by atoms with Crippen molar-refractivity contribution in [3.05, 3.63) is 82.7 Å². The van der Waals surface area contributed by atoms with Gasteiger partial charge in [0.1, 0.15) is 11.6 Å². The number of rotatable bonds is 5. The minimum absolute atomic E-state index is 0.0188. The van der Waals surface area contributed by atoms with Crippen molar-refractivity contribution in [1.29, 1.82) is 0 Å². The van der Waals surface area contributed by atoms with Crippen LogP contribution in [0.1, 0.15) is 5.56 Å². The van der Waals surface area contributed by atoms with E-state index in [4.69, 9.17) is 33.7 Å². The molecule has 36 heavy (non-hydrogen) atoms. The molecular weight excluding hydrogens is 520 g/mol. The third-order valence-electron chi connectivity index (χ3n) is 4.69. The second-order valence-electron chi connectivity index (χ2n) is 7.24. The number of anilines is 3. The van der Waals surface area contributed by atoms with E-state index in [2.05, 4.69) is 25.6 Å². The van der Waals surface area contributed by atoms with Gasteiger partial charge >= 0.3 is 18.2 Å². The van der Waals surface area contributed by atoms with Crippen molar-refractivity contribution in [1.82, 2.24) is 15.0 Å². The average Bonchev–Trinajstić information content (AvgIpc) is 2.82. The summed E-state index contributed by atoms with van der Waals surface area (Å²) in [4.78, 5) is 23.8. The maximum atomic E-state index is 13.0. The van der Waals surface area contributed by atoms with Gasteiger partial charge < -0.3 is 21.1 Å². The highest BCUT2D eigenvalue weighted by atomic mass is 35.5. The predicted octanol–water partition coefficient (Wildman–Crippen LogP) is 6.88. The molecule has 0 radical (unpaired) electrons. The molecule has 4 aromatic rings. The summed E-state index contributed by atoms with van der Waals surface area (Å²) in [5.41, 5.74) is 6.06. The van der Waals surface area contributed by atoms with Crippen molar-refractivity contribution in [3.63, 3.8) is 0 Å². The zero-order valence-corrected chi connectivity index (χ0v) is 19.5. The molecule has 2 aromatic carbocycles. The number of alkyl halides is 3. The summed E-state index contributed by atoms with van der Waals surface area (Å²) in [5.74, 6) is 0.290. The molecule has 2 aromatic heterocycles. The molecule has 0 spiro atoms. The molecule has 0 saturated heterocycles. The van der Waals surface area contributed by atoms with Crippen molar-refractivity contribution >= 4 is 46.4 Å². The number of hydrogen-bond donors (Lipinski definition) is 3. The normalized spacial score (nSPS) is 11.1. The van der Waals surface area contributed by atoms with Gasteiger partial charge in [0.2, 0.25) is 0 Å². The summed E-state index contributed by atoms with van der Waals surface area (Å²) >= 11 is 11.9. The number of halogens is 5. The lowest BCUT2D eigenvalue weighted by Crippen LogP contribution is -2.19. The third kappa shape index (κ3) is 6.12. The number of hydrogen-bond acceptors (Lipinski definition) is 6. The third-order valence-corrected chi connectivity index (χ3v) is 5.23. The molecular formula is C23H15Cl2F3N6O2. The highest BCUT2D eigenvalue weighted by molar-refractivity contribution is 6.36. The van der Waals surface area contributed by atoms with Gasteiger partial charge in [-0.15, -0.1) is 0 Å². The Kier molecular flexibility index (Phi) is 7.13. The molecule has 4 rings (SSSR count). The number of nitrogens with one attached hydrogen (secondary N) is 2. The number of ether oxygens (including phenoxy) is 1. The lowest BCUT2D eigenvalue weighted by atomic mass is 10.0. The second kappa shape index (κ2) is 10.3. The Morgan fingerprint density at radius 2 is 1.61 bits per heavy atom. The van der Waals surface area contributed by atoms with E-state index in [1.54, 1.807) is 12.1 Å². The molecule has 0 aliphatic heterocycles. The fourth-order valence-corrected chi connectivity index (χ4v) is 3.43. The summed E-state index contributed by atoms with van der Waals surface area (Å²) in [7, 11) is 0. The fraction of sp³-hybridized carbons (Fsp3) is 0.0435. The first-order chi connectivity index (χ1) is 17.1. The summed E-state index contributed by atoms with van der Waals surface area (Å²) in [6.45, 7) is 0. The van der Waals surface area contributed by atoms with Gasteiger partial charge in [0.15, 0.2) is 0 Å². The second-order valence-corrected chi connectivity index (χ2v) is 8.08. The standard InChI is InChI=1S/C23H15Cl2F3N6O2/c24-14-3-6-19(18(25)8-14)34-21(35)33-15-10-31-22(32-11-15)36-16-4-1-12(2-5-16)17-7-13(23(26,27)28)9-30-20(17)29/h1-11H,(H2,29,30)(H2,33,34,35). The molecule has 0 aliphatic rings. The Balaban J connectivity index is 1.39. The van der Waals surface area contributed by atoms with E-state index in [-0.39, 0.29) is 28.1 Å². The quantitative estimate of drug-likeness (QED) is 0.257. The number of benzene rings is 2. The van der Waals surface area contributed by atoms with Gasteiger partial charge in [-0.3, -0.25) is 0 Å². The number of nitrogen functional groups attached to an aromatic ring is 1. The van der Waals surface area contributed by atoms with E-state index in [0.29, 0.717) is 28.2 Å². The zero-order valence-electron chi connectivity index (χ0n) is 18.0. The minimum Gasteiger partial charge on any atom is -0.424 e. The van der Waals surface area contributed by atoms with Crippen molar-refractivity contribution in [2.24, 2.45) is 0 Å². The van der Waals surface area contributed by atoms with Crippen LogP contribution >= 0.6 is 23.2 Å². The molecule has 4 N–H and O–H groups in total. The van der Waals surface area contributed by atoms with Gasteiger partial charge in [-0.1, -0.05) is 35.3 Å². The summed E-state index contributed by atoms with van der Waals surface area (Å²) in [6, 6.07) is 11.1. The SMILES string of the molecule is Nc1ncc(C(F)(F)F)cc1-c1ccc(Oc2ncc(NC(=O)Nc3ccc(Cl)cc3Cl)cn2)cc1. The van der Waals surface area contributed by atoms with E-state index >= 15 is 0 Å². The Labute approximate surface area is 212 Å². The monoisotopic (exact) mass is 534 g/mol. The number of urea groups is 1. The van der Waals surface area contributed by atoms with Gasteiger partial charge in [-0.25, -0.2) is 19.7 Å². The first-order valence-corrected chi connectivity index (χ1v) is 10.8. The van der Waals surface area contributed by atoms with Crippen molar-refractivity contribution in [2.75, 3.05) is 16.4 Å². The Morgan fingerprint density at radius 3 is 2.25 bits per heavy atom. The fourth-order valence-electron chi connectivity index (χ4n) is 2.98. The molecule has 0 fully saturated rings. The number of aromatic nitrogens is 3. The van der Waals surface area contributed by atoms with Crippen LogP contribution in [0.15, 0.2) is 67.1 Å². The summed E-state index contributed by atoms with van der Waals surface area (Å²) in [5, 5.41) is 5.83. The van der Waals surface area contributed by atoms with Crippen LogP contribution in [-0.4, -0.2) is 21.0 Å². The van der Waals surface area contributed by atoms with Crippen LogP contribution in [0.4, 0.5) is 35.2 Å². The van der Waals surface area contributed by atoms with Crippen LogP contribution in [0.3, 0.4) is 0 Å². The van der Waals surface area contributed by atoms with Gasteiger partial charge in [0, 0.05) is 16.8 Å². The van der Waals surface area contributed by atoms with Crippen LogP contribution in [0.25, 0.3) is 11.1 Å². The van der Waals surface area contributed by atoms with E-state index in [1.807, 2.05) is 0 Å². The largest absolute Gasteiger partial charge is 0.424 e. The average molecular weight is 535 g/mol. The first kappa shape index (κ1) is 25.0. The van der Waals surface area contributed by atoms with Gasteiger partial charge in [-0.2, -0.15) is 13.2 Å². The van der Waals surface area contributed by atoms with Gasteiger partial charge in [0.05, 0.1) is 34.4 Å². The highest BCUT2D eigenvalue weighted by Crippen LogP contribution is 2.34. The Bertz CT molecular complexity index is 1400. The van der Waals surface area contributed by atoms with E-state index in [1.165, 1.54) is 42.7 Å². The summed E-state index contributed by atoms with van der Waals surface area (Å²) in [6.07, 6.45) is -1.20. The highest BCUT2D eigenvalue weighted by Gasteiger charge is 2.31. The zero-order chi connectivity index (χ0) is 25.9.